The first-order chi connectivity index (χ1) is 6.27. The molecule has 0 unspecified atom stereocenters. The molecular weight excluding hydrogens is 246 g/mol. The highest BCUT2D eigenvalue weighted by Gasteiger charge is 2.04. The third-order valence-corrected chi connectivity index (χ3v) is 3.44. The van der Waals surface area contributed by atoms with Crippen LogP contribution in [0.15, 0.2) is 34.2 Å². The second-order valence-corrected chi connectivity index (χ2v) is 4.46. The average Bonchev–Trinajstić information content (AvgIpc) is 2.53. The van der Waals surface area contributed by atoms with Gasteiger partial charge < -0.3 is 0 Å². The van der Waals surface area contributed by atoms with Crippen molar-refractivity contribution in [1.29, 1.82) is 0 Å². The van der Waals surface area contributed by atoms with Crippen molar-refractivity contribution in [2.24, 2.45) is 0 Å². The van der Waals surface area contributed by atoms with E-state index in [9.17, 15) is 0 Å². The van der Waals surface area contributed by atoms with Crippen LogP contribution >= 0.6 is 27.3 Å². The number of thiazole rings is 1. The fraction of sp³-hybridized carbons (Fsp3) is 0.100. The van der Waals surface area contributed by atoms with Crippen LogP contribution in [0.4, 0.5) is 0 Å². The van der Waals surface area contributed by atoms with Crippen molar-refractivity contribution >= 4 is 27.3 Å². The molecule has 13 heavy (non-hydrogen) atoms. The molecule has 0 aliphatic rings. The minimum absolute atomic E-state index is 0.913. The maximum Gasteiger partial charge on any atom is 0.124 e. The molecule has 0 aliphatic heterocycles. The third kappa shape index (κ3) is 1.81. The normalized spacial score (nSPS) is 10.3. The monoisotopic (exact) mass is 253 g/mol. The van der Waals surface area contributed by atoms with Crippen molar-refractivity contribution < 1.29 is 0 Å². The van der Waals surface area contributed by atoms with Crippen molar-refractivity contribution in [1.82, 2.24) is 4.98 Å². The summed E-state index contributed by atoms with van der Waals surface area (Å²) >= 11 is 5.01. The number of rotatable bonds is 1. The number of hydrogen-bond acceptors (Lipinski definition) is 2. The van der Waals surface area contributed by atoms with E-state index in [4.69, 9.17) is 0 Å². The summed E-state index contributed by atoms with van der Waals surface area (Å²) in [4.78, 5) is 4.38. The summed E-state index contributed by atoms with van der Waals surface area (Å²) < 4.78 is 0.913. The zero-order valence-electron chi connectivity index (χ0n) is 7.12. The van der Waals surface area contributed by atoms with Gasteiger partial charge in [-0.25, -0.2) is 4.98 Å². The highest BCUT2D eigenvalue weighted by Crippen LogP contribution is 2.27. The van der Waals surface area contributed by atoms with Crippen LogP contribution in [0.2, 0.25) is 0 Å². The van der Waals surface area contributed by atoms with Crippen LogP contribution in [0.3, 0.4) is 0 Å². The first kappa shape index (κ1) is 8.91. The van der Waals surface area contributed by atoms with Crippen molar-refractivity contribution in [2.45, 2.75) is 6.92 Å². The minimum atomic E-state index is 0.913. The molecule has 1 aromatic carbocycles. The van der Waals surface area contributed by atoms with Crippen molar-refractivity contribution in [3.05, 3.63) is 39.8 Å². The van der Waals surface area contributed by atoms with E-state index in [1.54, 1.807) is 11.3 Å². The van der Waals surface area contributed by atoms with Crippen LogP contribution in [0.1, 0.15) is 5.56 Å². The zero-order valence-corrected chi connectivity index (χ0v) is 9.52. The number of nitrogens with zero attached hydrogens (tertiary/aromatic N) is 1. The zero-order chi connectivity index (χ0) is 9.26. The lowest BCUT2D eigenvalue weighted by atomic mass is 10.1. The number of benzene rings is 1. The van der Waals surface area contributed by atoms with Gasteiger partial charge in [-0.1, -0.05) is 24.3 Å². The molecule has 0 radical (unpaired) electrons. The summed E-state index contributed by atoms with van der Waals surface area (Å²) in [5, 5.41) is 3.08. The first-order valence-corrected chi connectivity index (χ1v) is 5.61. The summed E-state index contributed by atoms with van der Waals surface area (Å²) in [5.41, 5.74) is 2.49. The number of hydrogen-bond donors (Lipinski definition) is 0. The van der Waals surface area contributed by atoms with Crippen LogP contribution in [0.5, 0.6) is 0 Å². The lowest BCUT2D eigenvalue weighted by Crippen LogP contribution is -1.80. The summed E-state index contributed by atoms with van der Waals surface area (Å²) in [6.45, 7) is 2.10. The van der Waals surface area contributed by atoms with Gasteiger partial charge in [-0.05, 0) is 28.4 Å². The fourth-order valence-electron chi connectivity index (χ4n) is 1.19. The van der Waals surface area contributed by atoms with Gasteiger partial charge in [-0.2, -0.15) is 0 Å². The van der Waals surface area contributed by atoms with E-state index in [0.717, 1.165) is 9.61 Å². The molecule has 2 rings (SSSR count). The van der Waals surface area contributed by atoms with Gasteiger partial charge >= 0.3 is 0 Å². The van der Waals surface area contributed by atoms with Crippen molar-refractivity contribution in [3.8, 4) is 10.6 Å². The molecule has 1 nitrogen and oxygen atoms in total. The minimum Gasteiger partial charge on any atom is -0.229 e. The van der Waals surface area contributed by atoms with E-state index in [0.29, 0.717) is 0 Å². The molecule has 0 N–H and O–H groups in total. The highest BCUT2D eigenvalue weighted by atomic mass is 79.9. The number of halogens is 1. The molecule has 0 atom stereocenters. The molecule has 3 heteroatoms. The standard InChI is InChI=1S/C10H8BrNS/c1-7-4-2-3-5-8(7)10-12-9(11)6-13-10/h2-6H,1H3. The molecule has 0 saturated heterocycles. The van der Waals surface area contributed by atoms with E-state index < -0.39 is 0 Å². The van der Waals surface area contributed by atoms with Gasteiger partial charge in [0.2, 0.25) is 0 Å². The van der Waals surface area contributed by atoms with E-state index >= 15 is 0 Å². The molecule has 0 amide bonds. The molecular formula is C10H8BrNS. The Morgan fingerprint density at radius 1 is 1.31 bits per heavy atom. The van der Waals surface area contributed by atoms with Crippen LogP contribution in [-0.4, -0.2) is 4.98 Å². The van der Waals surface area contributed by atoms with Gasteiger partial charge in [0.1, 0.15) is 9.61 Å². The predicted molar refractivity (Wildman–Crippen MR) is 60.0 cm³/mol. The molecule has 0 aliphatic carbocycles. The average molecular weight is 254 g/mol. The Labute approximate surface area is 89.6 Å². The molecule has 0 saturated carbocycles. The largest absolute Gasteiger partial charge is 0.229 e. The Bertz CT molecular complexity index is 422. The van der Waals surface area contributed by atoms with Gasteiger partial charge in [0.15, 0.2) is 0 Å². The fourth-order valence-corrected chi connectivity index (χ4v) is 2.53. The molecule has 66 valence electrons. The predicted octanol–water partition coefficient (Wildman–Crippen LogP) is 3.88. The summed E-state index contributed by atoms with van der Waals surface area (Å²) in [6.07, 6.45) is 0. The molecule has 0 spiro atoms. The summed E-state index contributed by atoms with van der Waals surface area (Å²) in [7, 11) is 0. The van der Waals surface area contributed by atoms with Gasteiger partial charge in [-0.3, -0.25) is 0 Å². The molecule has 1 heterocycles. The Kier molecular flexibility index (Phi) is 2.47. The second kappa shape index (κ2) is 3.60. The number of aromatic nitrogens is 1. The smallest absolute Gasteiger partial charge is 0.124 e. The lowest BCUT2D eigenvalue weighted by Gasteiger charge is -1.99. The molecule has 0 bridgehead atoms. The number of aryl methyl sites for hydroxylation is 1. The maximum atomic E-state index is 4.38. The highest BCUT2D eigenvalue weighted by molar-refractivity contribution is 9.10. The maximum absolute atomic E-state index is 4.38. The van der Waals surface area contributed by atoms with E-state index in [1.807, 2.05) is 17.5 Å². The first-order valence-electron chi connectivity index (χ1n) is 3.94. The van der Waals surface area contributed by atoms with Gasteiger partial charge in [0.05, 0.1) is 0 Å². The Morgan fingerprint density at radius 2 is 2.08 bits per heavy atom. The van der Waals surface area contributed by atoms with E-state index in [-0.39, 0.29) is 0 Å². The van der Waals surface area contributed by atoms with Crippen molar-refractivity contribution in [3.63, 3.8) is 0 Å². The second-order valence-electron chi connectivity index (χ2n) is 2.79. The van der Waals surface area contributed by atoms with Crippen LogP contribution < -0.4 is 0 Å². The third-order valence-electron chi connectivity index (χ3n) is 1.85. The van der Waals surface area contributed by atoms with Crippen molar-refractivity contribution in [2.75, 3.05) is 0 Å². The molecule has 2 aromatic rings. The lowest BCUT2D eigenvalue weighted by molar-refractivity contribution is 1.34. The Hall–Kier alpha value is -0.670. The van der Waals surface area contributed by atoms with Crippen LogP contribution in [0, 0.1) is 6.92 Å². The summed E-state index contributed by atoms with van der Waals surface area (Å²) in [6, 6.07) is 8.28. The topological polar surface area (TPSA) is 12.9 Å². The molecule has 0 fully saturated rings. The van der Waals surface area contributed by atoms with Crippen LogP contribution in [-0.2, 0) is 0 Å². The quantitative estimate of drug-likeness (QED) is 0.752. The van der Waals surface area contributed by atoms with Gasteiger partial charge in [0, 0.05) is 10.9 Å². The van der Waals surface area contributed by atoms with Gasteiger partial charge in [-0.15, -0.1) is 11.3 Å². The van der Waals surface area contributed by atoms with E-state index in [2.05, 4.69) is 40.0 Å². The van der Waals surface area contributed by atoms with E-state index in [1.165, 1.54) is 11.1 Å². The SMILES string of the molecule is Cc1ccccc1-c1nc(Br)cs1. The Balaban J connectivity index is 2.52. The van der Waals surface area contributed by atoms with Gasteiger partial charge in [0.25, 0.3) is 0 Å². The Morgan fingerprint density at radius 3 is 2.69 bits per heavy atom. The molecule has 1 aromatic heterocycles. The van der Waals surface area contributed by atoms with Crippen LogP contribution in [0.25, 0.3) is 10.6 Å². The summed E-state index contributed by atoms with van der Waals surface area (Å²) in [5.74, 6) is 0.